The smallest absolute Gasteiger partial charge is 0.270 e. The number of pyridine rings is 1. The van der Waals surface area contributed by atoms with Crippen LogP contribution in [-0.2, 0) is 13.6 Å². The van der Waals surface area contributed by atoms with Crippen LogP contribution in [0.5, 0.6) is 0 Å². The van der Waals surface area contributed by atoms with Crippen LogP contribution in [0.4, 0.5) is 5.82 Å². The molecule has 2 heterocycles. The molecule has 94 valence electrons. The van der Waals surface area contributed by atoms with Gasteiger partial charge in [-0.1, -0.05) is 6.07 Å². The number of hydrazine groups is 1. The zero-order chi connectivity index (χ0) is 13.0. The van der Waals surface area contributed by atoms with E-state index in [-0.39, 0.29) is 5.91 Å². The Bertz CT molecular complexity index is 550. The molecular weight excluding hydrogens is 232 g/mol. The van der Waals surface area contributed by atoms with E-state index >= 15 is 0 Å². The molecule has 18 heavy (non-hydrogen) atoms. The van der Waals surface area contributed by atoms with Crippen LogP contribution in [0, 0.1) is 0 Å². The van der Waals surface area contributed by atoms with E-state index in [0.29, 0.717) is 18.1 Å². The highest BCUT2D eigenvalue weighted by atomic mass is 16.1. The lowest BCUT2D eigenvalue weighted by atomic mass is 10.3. The summed E-state index contributed by atoms with van der Waals surface area (Å²) >= 11 is 0. The monoisotopic (exact) mass is 246 g/mol. The fourth-order valence-electron chi connectivity index (χ4n) is 1.46. The van der Waals surface area contributed by atoms with Gasteiger partial charge in [0.05, 0.1) is 6.54 Å². The normalized spacial score (nSPS) is 10.1. The van der Waals surface area contributed by atoms with Crippen molar-refractivity contribution in [2.24, 2.45) is 12.9 Å². The van der Waals surface area contributed by atoms with Gasteiger partial charge in [-0.05, 0) is 12.1 Å². The molecule has 0 spiro atoms. The Labute approximate surface area is 104 Å². The quantitative estimate of drug-likeness (QED) is 0.522. The maximum absolute atomic E-state index is 11.8. The van der Waals surface area contributed by atoms with Gasteiger partial charge < -0.3 is 15.3 Å². The van der Waals surface area contributed by atoms with E-state index in [4.69, 9.17) is 5.84 Å². The van der Waals surface area contributed by atoms with Crippen molar-refractivity contribution < 1.29 is 4.79 Å². The molecule has 0 unspecified atom stereocenters. The second-order valence-electron chi connectivity index (χ2n) is 3.69. The highest BCUT2D eigenvalue weighted by Crippen LogP contribution is 2.03. The van der Waals surface area contributed by atoms with E-state index in [1.165, 1.54) is 0 Å². The van der Waals surface area contributed by atoms with Crippen LogP contribution in [0.2, 0.25) is 0 Å². The Morgan fingerprint density at radius 3 is 3.00 bits per heavy atom. The van der Waals surface area contributed by atoms with Crippen molar-refractivity contribution in [3.63, 3.8) is 0 Å². The second-order valence-corrected chi connectivity index (χ2v) is 3.69. The Hall–Kier alpha value is -2.41. The number of nitrogens with zero attached hydrogens (tertiary/aromatic N) is 3. The van der Waals surface area contributed by atoms with Gasteiger partial charge in [-0.2, -0.15) is 0 Å². The molecule has 7 heteroatoms. The van der Waals surface area contributed by atoms with E-state index in [2.05, 4.69) is 20.7 Å². The van der Waals surface area contributed by atoms with Gasteiger partial charge in [0.2, 0.25) is 0 Å². The molecule has 2 aromatic heterocycles. The number of rotatable bonds is 4. The van der Waals surface area contributed by atoms with E-state index in [1.807, 2.05) is 17.8 Å². The molecule has 0 saturated carbocycles. The molecule has 0 aliphatic carbocycles. The van der Waals surface area contributed by atoms with Crippen LogP contribution in [0.15, 0.2) is 30.6 Å². The summed E-state index contributed by atoms with van der Waals surface area (Å²) in [5.41, 5.74) is 2.70. The van der Waals surface area contributed by atoms with Crippen LogP contribution >= 0.6 is 0 Å². The van der Waals surface area contributed by atoms with Crippen molar-refractivity contribution in [3.8, 4) is 0 Å². The molecule has 0 aliphatic rings. The first-order valence-corrected chi connectivity index (χ1v) is 5.39. The molecule has 7 nitrogen and oxygen atoms in total. The molecule has 1 amide bonds. The largest absolute Gasteiger partial charge is 0.343 e. The molecule has 0 atom stereocenters. The number of aryl methyl sites for hydroxylation is 1. The average Bonchev–Trinajstić information content (AvgIpc) is 2.81. The van der Waals surface area contributed by atoms with Gasteiger partial charge in [0, 0.05) is 19.4 Å². The summed E-state index contributed by atoms with van der Waals surface area (Å²) in [6.07, 6.45) is 3.50. The maximum Gasteiger partial charge on any atom is 0.270 e. The minimum absolute atomic E-state index is 0.268. The van der Waals surface area contributed by atoms with Gasteiger partial charge in [0.15, 0.2) is 0 Å². The number of hydrogen-bond donors (Lipinski definition) is 3. The molecular formula is C11H14N6O. The van der Waals surface area contributed by atoms with Gasteiger partial charge in [-0.3, -0.25) is 4.79 Å². The van der Waals surface area contributed by atoms with Gasteiger partial charge in [-0.15, -0.1) is 0 Å². The highest BCUT2D eigenvalue weighted by molar-refractivity contribution is 5.92. The second kappa shape index (κ2) is 5.28. The van der Waals surface area contributed by atoms with Crippen molar-refractivity contribution >= 4 is 11.7 Å². The molecule has 0 radical (unpaired) electrons. The van der Waals surface area contributed by atoms with Crippen molar-refractivity contribution in [2.45, 2.75) is 6.54 Å². The molecule has 0 bridgehead atoms. The number of amides is 1. The van der Waals surface area contributed by atoms with Crippen molar-refractivity contribution in [1.82, 2.24) is 19.9 Å². The molecule has 0 fully saturated rings. The van der Waals surface area contributed by atoms with E-state index in [9.17, 15) is 4.79 Å². The van der Waals surface area contributed by atoms with Crippen LogP contribution in [-0.4, -0.2) is 20.4 Å². The van der Waals surface area contributed by atoms with Crippen LogP contribution in [0.1, 0.15) is 16.3 Å². The lowest BCUT2D eigenvalue weighted by Gasteiger charge is -2.06. The summed E-state index contributed by atoms with van der Waals surface area (Å²) in [7, 11) is 1.87. The lowest BCUT2D eigenvalue weighted by molar-refractivity contribution is 0.0945. The summed E-state index contributed by atoms with van der Waals surface area (Å²) < 4.78 is 1.84. The van der Waals surface area contributed by atoms with E-state index in [0.717, 1.165) is 5.82 Å². The Kier molecular flexibility index (Phi) is 3.54. The number of aromatic nitrogens is 3. The van der Waals surface area contributed by atoms with E-state index in [1.54, 1.807) is 24.4 Å². The van der Waals surface area contributed by atoms with Crippen LogP contribution in [0.25, 0.3) is 0 Å². The number of hydrogen-bond acceptors (Lipinski definition) is 5. The van der Waals surface area contributed by atoms with Gasteiger partial charge in [0.1, 0.15) is 17.3 Å². The first-order chi connectivity index (χ1) is 8.70. The number of carbonyl (C=O) groups is 1. The predicted molar refractivity (Wildman–Crippen MR) is 66.4 cm³/mol. The zero-order valence-electron chi connectivity index (χ0n) is 9.92. The lowest BCUT2D eigenvalue weighted by Crippen LogP contribution is -2.25. The first kappa shape index (κ1) is 12.1. The summed E-state index contributed by atoms with van der Waals surface area (Å²) in [6, 6.07) is 5.00. The maximum atomic E-state index is 11.8. The minimum Gasteiger partial charge on any atom is -0.343 e. The number of carbonyl (C=O) groups excluding carboxylic acids is 1. The Morgan fingerprint density at radius 2 is 2.33 bits per heavy atom. The van der Waals surface area contributed by atoms with E-state index < -0.39 is 0 Å². The zero-order valence-corrected chi connectivity index (χ0v) is 9.92. The fraction of sp³-hybridized carbons (Fsp3) is 0.182. The number of imidazole rings is 1. The van der Waals surface area contributed by atoms with Gasteiger partial charge in [-0.25, -0.2) is 15.8 Å². The van der Waals surface area contributed by atoms with Crippen LogP contribution in [0.3, 0.4) is 0 Å². The van der Waals surface area contributed by atoms with Crippen LogP contribution < -0.4 is 16.6 Å². The average molecular weight is 246 g/mol. The first-order valence-electron chi connectivity index (χ1n) is 5.39. The minimum atomic E-state index is -0.268. The number of nitrogen functional groups attached to an aromatic ring is 1. The SMILES string of the molecule is Cn1ccnc1CNC(=O)c1cccc(NN)n1. The molecule has 0 saturated heterocycles. The topological polar surface area (TPSA) is 97.9 Å². The number of nitrogens with two attached hydrogens (primary N) is 1. The predicted octanol–water partition coefficient (Wildman–Crippen LogP) is 0.0307. The molecule has 4 N–H and O–H groups in total. The van der Waals surface area contributed by atoms with Gasteiger partial charge >= 0.3 is 0 Å². The fourth-order valence-corrected chi connectivity index (χ4v) is 1.46. The summed E-state index contributed by atoms with van der Waals surface area (Å²) in [5, 5.41) is 2.74. The molecule has 0 aromatic carbocycles. The molecule has 2 aromatic rings. The third-order valence-electron chi connectivity index (χ3n) is 2.46. The highest BCUT2D eigenvalue weighted by Gasteiger charge is 2.08. The molecule has 2 rings (SSSR count). The molecule has 0 aliphatic heterocycles. The summed E-state index contributed by atoms with van der Waals surface area (Å²) in [5.74, 6) is 6.18. The standard InChI is InChI=1S/C11H14N6O/c1-17-6-5-13-10(17)7-14-11(18)8-3-2-4-9(15-8)16-12/h2-6H,7,12H2,1H3,(H,14,18)(H,15,16). The summed E-state index contributed by atoms with van der Waals surface area (Å²) in [6.45, 7) is 0.351. The van der Waals surface area contributed by atoms with Gasteiger partial charge in [0.25, 0.3) is 5.91 Å². The van der Waals surface area contributed by atoms with Crippen molar-refractivity contribution in [3.05, 3.63) is 42.1 Å². The Balaban J connectivity index is 2.01. The van der Waals surface area contributed by atoms with Crippen molar-refractivity contribution in [1.29, 1.82) is 0 Å². The Morgan fingerprint density at radius 1 is 1.50 bits per heavy atom. The number of anilines is 1. The van der Waals surface area contributed by atoms with Crippen molar-refractivity contribution in [2.75, 3.05) is 5.43 Å². The third kappa shape index (κ3) is 2.64. The third-order valence-corrected chi connectivity index (χ3v) is 2.46. The number of nitrogens with one attached hydrogen (secondary N) is 2. The summed E-state index contributed by atoms with van der Waals surface area (Å²) in [4.78, 5) is 20.0.